The lowest BCUT2D eigenvalue weighted by Crippen LogP contribution is -2.16. The van der Waals surface area contributed by atoms with Crippen LogP contribution in [0.3, 0.4) is 0 Å². The molecule has 2 aromatic carbocycles. The van der Waals surface area contributed by atoms with E-state index in [2.05, 4.69) is 15.3 Å². The summed E-state index contributed by atoms with van der Waals surface area (Å²) in [5.41, 5.74) is 2.72. The van der Waals surface area contributed by atoms with E-state index in [4.69, 9.17) is 4.74 Å². The Balaban J connectivity index is 1.86. The van der Waals surface area contributed by atoms with E-state index >= 15 is 0 Å². The molecule has 128 valence electrons. The fourth-order valence-corrected chi connectivity index (χ4v) is 2.66. The Bertz CT molecular complexity index is 861. The summed E-state index contributed by atoms with van der Waals surface area (Å²) in [6.45, 7) is 2.01. The molecule has 1 N–H and O–H groups in total. The van der Waals surface area contributed by atoms with Crippen molar-refractivity contribution in [2.24, 2.45) is 9.98 Å². The molecule has 3 rings (SSSR count). The molecule has 0 aromatic heterocycles. The first kappa shape index (κ1) is 16.6. The summed E-state index contributed by atoms with van der Waals surface area (Å²) in [5.74, 6) is 0.723. The van der Waals surface area contributed by atoms with Gasteiger partial charge in [-0.15, -0.1) is 0 Å². The third-order valence-electron chi connectivity index (χ3n) is 3.88. The van der Waals surface area contributed by atoms with E-state index in [1.165, 1.54) is 13.2 Å². The van der Waals surface area contributed by atoms with Gasteiger partial charge in [-0.05, 0) is 36.2 Å². The van der Waals surface area contributed by atoms with Gasteiger partial charge in [-0.3, -0.25) is 10.1 Å². The minimum absolute atomic E-state index is 0.0640. The van der Waals surface area contributed by atoms with Crippen molar-refractivity contribution in [1.29, 1.82) is 0 Å². The summed E-state index contributed by atoms with van der Waals surface area (Å²) in [5, 5.41) is 14.4. The van der Waals surface area contributed by atoms with Crippen LogP contribution in [0, 0.1) is 17.0 Å². The molecule has 25 heavy (non-hydrogen) atoms. The molecule has 0 saturated heterocycles. The Labute approximate surface area is 145 Å². The number of nitro groups is 1. The summed E-state index contributed by atoms with van der Waals surface area (Å²) < 4.78 is 5.04. The van der Waals surface area contributed by atoms with Crippen LogP contribution in [0.15, 0.2) is 52.4 Å². The first-order valence-electron chi connectivity index (χ1n) is 7.83. The first-order valence-corrected chi connectivity index (χ1v) is 7.83. The number of guanidine groups is 1. The Morgan fingerprint density at radius 2 is 2.12 bits per heavy atom. The molecule has 0 bridgehead atoms. The number of nitrogens with one attached hydrogen (secondary N) is 1. The average Bonchev–Trinajstić information content (AvgIpc) is 2.61. The summed E-state index contributed by atoms with van der Waals surface area (Å²) in [6, 6.07) is 12.6. The zero-order valence-electron chi connectivity index (χ0n) is 14.0. The average molecular weight is 338 g/mol. The third kappa shape index (κ3) is 3.82. The monoisotopic (exact) mass is 338 g/mol. The smallest absolute Gasteiger partial charge is 0.311 e. The van der Waals surface area contributed by atoms with Gasteiger partial charge in [0, 0.05) is 24.4 Å². The maximum atomic E-state index is 11.2. The Morgan fingerprint density at radius 3 is 2.84 bits per heavy atom. The highest BCUT2D eigenvalue weighted by Crippen LogP contribution is 2.32. The van der Waals surface area contributed by atoms with Crippen molar-refractivity contribution >= 4 is 23.5 Å². The van der Waals surface area contributed by atoms with Crippen LogP contribution in [0.2, 0.25) is 0 Å². The van der Waals surface area contributed by atoms with Gasteiger partial charge in [0.15, 0.2) is 5.75 Å². The summed E-state index contributed by atoms with van der Waals surface area (Å²) >= 11 is 0. The van der Waals surface area contributed by atoms with Gasteiger partial charge in [-0.2, -0.15) is 0 Å². The molecular formula is C18H18N4O3. The molecule has 0 radical (unpaired) electrons. The predicted molar refractivity (Wildman–Crippen MR) is 97.7 cm³/mol. The number of benzene rings is 2. The van der Waals surface area contributed by atoms with Gasteiger partial charge in [0.2, 0.25) is 5.96 Å². The van der Waals surface area contributed by atoms with Crippen LogP contribution in [-0.4, -0.2) is 24.2 Å². The molecule has 0 saturated carbocycles. The largest absolute Gasteiger partial charge is 0.490 e. The van der Waals surface area contributed by atoms with Crippen molar-refractivity contribution in [3.05, 3.63) is 63.7 Å². The highest BCUT2D eigenvalue weighted by molar-refractivity contribution is 5.99. The zero-order chi connectivity index (χ0) is 17.8. The second-order valence-electron chi connectivity index (χ2n) is 5.70. The topological polar surface area (TPSA) is 89.1 Å². The Morgan fingerprint density at radius 1 is 1.28 bits per heavy atom. The summed E-state index contributed by atoms with van der Waals surface area (Å²) in [4.78, 5) is 19.6. The molecule has 0 amide bonds. The maximum Gasteiger partial charge on any atom is 0.311 e. The van der Waals surface area contributed by atoms with Crippen LogP contribution >= 0.6 is 0 Å². The number of hydrogen-bond acceptors (Lipinski definition) is 6. The van der Waals surface area contributed by atoms with E-state index < -0.39 is 4.92 Å². The number of nitro benzene ring substituents is 1. The van der Waals surface area contributed by atoms with E-state index in [0.717, 1.165) is 16.8 Å². The van der Waals surface area contributed by atoms with Crippen molar-refractivity contribution in [1.82, 2.24) is 0 Å². The molecule has 7 nitrogen and oxygen atoms in total. The van der Waals surface area contributed by atoms with E-state index in [-0.39, 0.29) is 17.5 Å². The Hall–Kier alpha value is -3.22. The summed E-state index contributed by atoms with van der Waals surface area (Å²) in [6.07, 6.45) is 2.36. The molecule has 0 spiro atoms. The van der Waals surface area contributed by atoms with Crippen LogP contribution in [-0.2, 0) is 0 Å². The molecule has 0 fully saturated rings. The van der Waals surface area contributed by atoms with Gasteiger partial charge in [0.05, 0.1) is 18.1 Å². The predicted octanol–water partition coefficient (Wildman–Crippen LogP) is 3.90. The van der Waals surface area contributed by atoms with Gasteiger partial charge in [0.1, 0.15) is 0 Å². The highest BCUT2D eigenvalue weighted by Gasteiger charge is 2.21. The molecule has 1 atom stereocenters. The lowest BCUT2D eigenvalue weighted by Gasteiger charge is -2.17. The van der Waals surface area contributed by atoms with Gasteiger partial charge in [-0.25, -0.2) is 9.98 Å². The second kappa shape index (κ2) is 7.12. The van der Waals surface area contributed by atoms with Gasteiger partial charge < -0.3 is 10.1 Å². The molecule has 7 heteroatoms. The number of anilines is 1. The molecule has 0 aliphatic carbocycles. The van der Waals surface area contributed by atoms with Crippen LogP contribution in [0.1, 0.15) is 23.6 Å². The van der Waals surface area contributed by atoms with E-state index in [1.807, 2.05) is 31.2 Å². The zero-order valence-corrected chi connectivity index (χ0v) is 14.0. The van der Waals surface area contributed by atoms with Crippen molar-refractivity contribution < 1.29 is 9.66 Å². The quantitative estimate of drug-likeness (QED) is 0.676. The molecule has 2 aromatic rings. The molecule has 1 unspecified atom stereocenters. The van der Waals surface area contributed by atoms with Gasteiger partial charge in [0.25, 0.3) is 0 Å². The number of aryl methyl sites for hydroxylation is 1. The summed E-state index contributed by atoms with van der Waals surface area (Å²) in [7, 11) is 1.41. The van der Waals surface area contributed by atoms with Crippen LogP contribution in [0.4, 0.5) is 11.4 Å². The SMILES string of the molecule is COc1ccc(C2CC=NC(Nc3cccc(C)c3)=N2)cc1[N+](=O)[O-]. The van der Waals surface area contributed by atoms with Crippen molar-refractivity contribution in [2.45, 2.75) is 19.4 Å². The standard InChI is InChI=1S/C18H18N4O3/c1-12-4-3-5-14(10-12)20-18-19-9-8-15(21-18)13-6-7-17(25-2)16(11-13)22(23)24/h3-7,9-11,15H,8H2,1-2H3,(H,20,21). The van der Waals surface area contributed by atoms with Crippen LogP contribution in [0.5, 0.6) is 5.75 Å². The van der Waals surface area contributed by atoms with E-state index in [9.17, 15) is 10.1 Å². The van der Waals surface area contributed by atoms with Crippen LogP contribution < -0.4 is 10.1 Å². The van der Waals surface area contributed by atoms with Crippen molar-refractivity contribution in [3.63, 3.8) is 0 Å². The number of rotatable bonds is 4. The lowest BCUT2D eigenvalue weighted by atomic mass is 10.0. The lowest BCUT2D eigenvalue weighted by molar-refractivity contribution is -0.385. The Kier molecular flexibility index (Phi) is 4.74. The highest BCUT2D eigenvalue weighted by atomic mass is 16.6. The number of ether oxygens (including phenoxy) is 1. The molecule has 1 aliphatic rings. The minimum atomic E-state index is -0.450. The normalized spacial score (nSPS) is 16.2. The number of aliphatic imine (C=N–C) groups is 2. The molecule has 1 heterocycles. The third-order valence-corrected chi connectivity index (χ3v) is 3.88. The number of hydrogen-bond donors (Lipinski definition) is 1. The first-order chi connectivity index (χ1) is 12.1. The maximum absolute atomic E-state index is 11.2. The second-order valence-corrected chi connectivity index (χ2v) is 5.70. The fourth-order valence-electron chi connectivity index (χ4n) is 2.66. The van der Waals surface area contributed by atoms with E-state index in [0.29, 0.717) is 12.4 Å². The number of nitrogens with zero attached hydrogens (tertiary/aromatic N) is 3. The number of methoxy groups -OCH3 is 1. The molecular weight excluding hydrogens is 320 g/mol. The fraction of sp³-hybridized carbons (Fsp3) is 0.222. The van der Waals surface area contributed by atoms with Gasteiger partial charge >= 0.3 is 5.69 Å². The molecule has 1 aliphatic heterocycles. The van der Waals surface area contributed by atoms with Gasteiger partial charge in [-0.1, -0.05) is 18.2 Å². The van der Waals surface area contributed by atoms with E-state index in [1.54, 1.807) is 18.3 Å². The minimum Gasteiger partial charge on any atom is -0.490 e. The van der Waals surface area contributed by atoms with Crippen molar-refractivity contribution in [2.75, 3.05) is 12.4 Å². The van der Waals surface area contributed by atoms with Crippen LogP contribution in [0.25, 0.3) is 0 Å². The van der Waals surface area contributed by atoms with Crippen molar-refractivity contribution in [3.8, 4) is 5.75 Å².